The fourth-order valence-electron chi connectivity index (χ4n) is 2.91. The van der Waals surface area contributed by atoms with E-state index < -0.39 is 26.8 Å². The van der Waals surface area contributed by atoms with Crippen molar-refractivity contribution >= 4 is 22.3 Å². The lowest BCUT2D eigenvalue weighted by atomic mass is 9.98. The first-order valence-corrected chi connectivity index (χ1v) is 7.47. The molecule has 2 aromatic carbocycles. The molecule has 0 aliphatic heterocycles. The quantitative estimate of drug-likeness (QED) is 0.568. The lowest BCUT2D eigenvalue weighted by Crippen LogP contribution is -2.17. The molecule has 26 heavy (non-hydrogen) atoms. The minimum Gasteiger partial charge on any atom is -0.507 e. The summed E-state index contributed by atoms with van der Waals surface area (Å²) in [5.41, 5.74) is -0.401. The molecule has 0 amide bonds. The summed E-state index contributed by atoms with van der Waals surface area (Å²) in [7, 11) is 1.35. The number of nitro groups is 2. The molecule has 0 aliphatic carbocycles. The zero-order chi connectivity index (χ0) is 19.2. The van der Waals surface area contributed by atoms with Crippen molar-refractivity contribution in [2.24, 2.45) is 7.05 Å². The Morgan fingerprint density at radius 1 is 1.00 bits per heavy atom. The summed E-state index contributed by atoms with van der Waals surface area (Å²) < 4.78 is 1.06. The van der Waals surface area contributed by atoms with Crippen molar-refractivity contribution in [1.82, 2.24) is 4.57 Å². The molecule has 1 heterocycles. The van der Waals surface area contributed by atoms with E-state index in [1.807, 2.05) is 0 Å². The van der Waals surface area contributed by atoms with E-state index in [-0.39, 0.29) is 27.8 Å². The number of aromatic hydroxyl groups is 1. The van der Waals surface area contributed by atoms with Gasteiger partial charge in [-0.15, -0.1) is 0 Å². The van der Waals surface area contributed by atoms with Gasteiger partial charge in [0.2, 0.25) is 0 Å². The third kappa shape index (κ3) is 2.65. The fraction of sp³-hybridized carbons (Fsp3) is 0.118. The fourth-order valence-corrected chi connectivity index (χ4v) is 2.91. The number of fused-ring (bicyclic) bond motifs is 1. The molecule has 0 fully saturated rings. The summed E-state index contributed by atoms with van der Waals surface area (Å²) >= 11 is 0. The largest absolute Gasteiger partial charge is 0.507 e. The lowest BCUT2D eigenvalue weighted by molar-refractivity contribution is -0.393. The van der Waals surface area contributed by atoms with Crippen molar-refractivity contribution in [2.75, 3.05) is 0 Å². The number of benzene rings is 2. The molecule has 0 spiro atoms. The standard InChI is InChI=1S/C17H13N3O6/c1-9-3-4-11(15(21)5-9)12-8-16(22)18(2)17-13(12)6-10(19(23)24)7-14(17)20(25)26/h3-8,21H,1-2H3. The van der Waals surface area contributed by atoms with E-state index >= 15 is 0 Å². The predicted octanol–water partition coefficient (Wildman–Crippen LogP) is 3.04. The molecule has 9 heteroatoms. The smallest absolute Gasteiger partial charge is 0.300 e. The van der Waals surface area contributed by atoms with Gasteiger partial charge in [-0.3, -0.25) is 25.0 Å². The molecule has 0 saturated carbocycles. The number of pyridine rings is 1. The van der Waals surface area contributed by atoms with Gasteiger partial charge in [0.15, 0.2) is 0 Å². The first-order valence-electron chi connectivity index (χ1n) is 7.47. The van der Waals surface area contributed by atoms with Crippen LogP contribution < -0.4 is 5.56 Å². The molecular formula is C17H13N3O6. The van der Waals surface area contributed by atoms with E-state index in [4.69, 9.17) is 0 Å². The number of aromatic nitrogens is 1. The van der Waals surface area contributed by atoms with Crippen LogP contribution in [0.5, 0.6) is 5.75 Å². The highest BCUT2D eigenvalue weighted by Crippen LogP contribution is 2.38. The van der Waals surface area contributed by atoms with E-state index in [1.54, 1.807) is 19.1 Å². The summed E-state index contributed by atoms with van der Waals surface area (Å²) in [6.07, 6.45) is 0. The molecule has 0 radical (unpaired) electrons. The molecule has 0 aliphatic rings. The van der Waals surface area contributed by atoms with Crippen LogP contribution >= 0.6 is 0 Å². The Labute approximate surface area is 146 Å². The van der Waals surface area contributed by atoms with E-state index in [9.17, 15) is 30.1 Å². The Hall–Kier alpha value is -3.75. The molecule has 3 aromatic rings. The van der Waals surface area contributed by atoms with Gasteiger partial charge in [0.25, 0.3) is 16.9 Å². The average Bonchev–Trinajstić information content (AvgIpc) is 2.57. The van der Waals surface area contributed by atoms with Crippen LogP contribution in [-0.2, 0) is 7.05 Å². The Kier molecular flexibility index (Phi) is 3.91. The molecule has 3 rings (SSSR count). The van der Waals surface area contributed by atoms with Gasteiger partial charge in [0, 0.05) is 35.7 Å². The third-order valence-corrected chi connectivity index (χ3v) is 4.15. The number of hydrogen-bond donors (Lipinski definition) is 1. The number of aryl methyl sites for hydroxylation is 2. The molecule has 0 unspecified atom stereocenters. The predicted molar refractivity (Wildman–Crippen MR) is 94.3 cm³/mol. The Morgan fingerprint density at radius 3 is 2.27 bits per heavy atom. The van der Waals surface area contributed by atoms with Crippen molar-refractivity contribution in [2.45, 2.75) is 6.92 Å². The van der Waals surface area contributed by atoms with Crippen LogP contribution in [-0.4, -0.2) is 19.5 Å². The number of rotatable bonds is 3. The van der Waals surface area contributed by atoms with E-state index in [0.29, 0.717) is 0 Å². The second-order valence-electron chi connectivity index (χ2n) is 5.85. The Bertz CT molecular complexity index is 1150. The van der Waals surface area contributed by atoms with Gasteiger partial charge in [-0.2, -0.15) is 0 Å². The maximum atomic E-state index is 12.3. The van der Waals surface area contributed by atoms with Crippen LogP contribution in [0.3, 0.4) is 0 Å². The molecule has 0 atom stereocenters. The van der Waals surface area contributed by atoms with Gasteiger partial charge in [-0.05, 0) is 18.6 Å². The van der Waals surface area contributed by atoms with Crippen LogP contribution in [0, 0.1) is 27.2 Å². The van der Waals surface area contributed by atoms with E-state index in [1.165, 1.54) is 19.2 Å². The van der Waals surface area contributed by atoms with E-state index in [2.05, 4.69) is 0 Å². The second kappa shape index (κ2) is 5.96. The summed E-state index contributed by atoms with van der Waals surface area (Å²) in [5, 5.41) is 33.0. The number of nitro benzene ring substituents is 2. The highest BCUT2D eigenvalue weighted by Gasteiger charge is 2.24. The molecule has 1 N–H and O–H groups in total. The van der Waals surface area contributed by atoms with Crippen LogP contribution in [0.2, 0.25) is 0 Å². The summed E-state index contributed by atoms with van der Waals surface area (Å²) in [6.45, 7) is 1.77. The van der Waals surface area contributed by atoms with Gasteiger partial charge < -0.3 is 9.67 Å². The summed E-state index contributed by atoms with van der Waals surface area (Å²) in [6, 6.07) is 7.91. The molecule has 1 aromatic heterocycles. The van der Waals surface area contributed by atoms with Gasteiger partial charge >= 0.3 is 0 Å². The second-order valence-corrected chi connectivity index (χ2v) is 5.85. The minimum absolute atomic E-state index is 0.0527. The van der Waals surface area contributed by atoms with Crippen LogP contribution in [0.1, 0.15) is 5.56 Å². The van der Waals surface area contributed by atoms with Gasteiger partial charge in [0.05, 0.1) is 15.9 Å². The maximum Gasteiger partial charge on any atom is 0.300 e. The minimum atomic E-state index is -0.770. The summed E-state index contributed by atoms with van der Waals surface area (Å²) in [5.74, 6) is -0.131. The topological polar surface area (TPSA) is 129 Å². The Morgan fingerprint density at radius 2 is 1.69 bits per heavy atom. The zero-order valence-electron chi connectivity index (χ0n) is 13.8. The number of non-ortho nitro benzene ring substituents is 2. The van der Waals surface area contributed by atoms with Gasteiger partial charge in [0.1, 0.15) is 11.3 Å². The van der Waals surface area contributed by atoms with Gasteiger partial charge in [-0.25, -0.2) is 0 Å². The molecule has 0 saturated heterocycles. The lowest BCUT2D eigenvalue weighted by Gasteiger charge is -2.12. The van der Waals surface area contributed by atoms with Crippen molar-refractivity contribution in [3.05, 3.63) is 72.5 Å². The third-order valence-electron chi connectivity index (χ3n) is 4.15. The maximum absolute atomic E-state index is 12.3. The number of phenolic OH excluding ortho intramolecular Hbond substituents is 1. The van der Waals surface area contributed by atoms with Crippen molar-refractivity contribution in [1.29, 1.82) is 0 Å². The first-order chi connectivity index (χ1) is 12.2. The molecular weight excluding hydrogens is 342 g/mol. The molecule has 9 nitrogen and oxygen atoms in total. The first kappa shape index (κ1) is 17.1. The van der Waals surface area contributed by atoms with Gasteiger partial charge in [-0.1, -0.05) is 12.1 Å². The average molecular weight is 355 g/mol. The van der Waals surface area contributed by atoms with Crippen molar-refractivity contribution in [3.63, 3.8) is 0 Å². The van der Waals surface area contributed by atoms with Crippen LogP contribution in [0.15, 0.2) is 41.2 Å². The zero-order valence-corrected chi connectivity index (χ0v) is 13.8. The Balaban J connectivity index is 2.55. The summed E-state index contributed by atoms with van der Waals surface area (Å²) in [4.78, 5) is 33.4. The van der Waals surface area contributed by atoms with E-state index in [0.717, 1.165) is 22.3 Å². The SMILES string of the molecule is Cc1ccc(-c2cc(=O)n(C)c3c([N+](=O)[O-])cc([N+](=O)[O-])cc23)c(O)c1. The molecule has 0 bridgehead atoms. The monoisotopic (exact) mass is 355 g/mol. The van der Waals surface area contributed by atoms with Crippen LogP contribution in [0.4, 0.5) is 11.4 Å². The highest BCUT2D eigenvalue weighted by atomic mass is 16.6. The highest BCUT2D eigenvalue weighted by molar-refractivity contribution is 6.01. The molecule has 132 valence electrons. The van der Waals surface area contributed by atoms with Crippen molar-refractivity contribution < 1.29 is 15.0 Å². The number of nitrogens with zero attached hydrogens (tertiary/aromatic N) is 3. The van der Waals surface area contributed by atoms with Crippen molar-refractivity contribution in [3.8, 4) is 16.9 Å². The van der Waals surface area contributed by atoms with Crippen LogP contribution in [0.25, 0.3) is 22.0 Å². The number of hydrogen-bond acceptors (Lipinski definition) is 6. The number of phenols is 1. The normalized spacial score (nSPS) is 10.8.